The molecular weight excluding hydrogens is 312 g/mol. The molecule has 2 aromatic rings. The fraction of sp³-hybridized carbons (Fsp3) is 0.381. The number of carbonyl (C=O) groups is 1. The Labute approximate surface area is 149 Å². The minimum absolute atomic E-state index is 0.00489. The zero-order valence-corrected chi connectivity index (χ0v) is 15.1. The number of nitrogens with one attached hydrogen (secondary N) is 2. The Morgan fingerprint density at radius 1 is 1.08 bits per heavy atom. The third kappa shape index (κ3) is 4.68. The van der Waals surface area contributed by atoms with Crippen molar-refractivity contribution in [1.29, 1.82) is 0 Å². The lowest BCUT2D eigenvalue weighted by atomic mass is 10.0. The molecule has 1 fully saturated rings. The van der Waals surface area contributed by atoms with Gasteiger partial charge in [-0.3, -0.25) is 4.79 Å². The molecule has 25 heavy (non-hydrogen) atoms. The van der Waals surface area contributed by atoms with E-state index in [1.54, 1.807) is 4.90 Å². The van der Waals surface area contributed by atoms with Gasteiger partial charge in [0.25, 0.3) is 5.91 Å². The quantitative estimate of drug-likeness (QED) is 0.870. The van der Waals surface area contributed by atoms with E-state index in [0.29, 0.717) is 6.54 Å². The molecule has 0 aromatic heterocycles. The van der Waals surface area contributed by atoms with Crippen molar-refractivity contribution in [2.75, 3.05) is 26.3 Å². The van der Waals surface area contributed by atoms with Gasteiger partial charge in [0.05, 0.1) is 13.2 Å². The number of morpholine rings is 1. The molecule has 1 aliphatic heterocycles. The lowest BCUT2D eigenvalue weighted by Gasteiger charge is -2.24. The van der Waals surface area contributed by atoms with Gasteiger partial charge in [-0.25, -0.2) is 0 Å². The highest BCUT2D eigenvalue weighted by Gasteiger charge is 2.16. The fourth-order valence-electron chi connectivity index (χ4n) is 3.26. The molecule has 2 aromatic carbocycles. The van der Waals surface area contributed by atoms with Crippen molar-refractivity contribution in [2.45, 2.75) is 26.9 Å². The highest BCUT2D eigenvalue weighted by atomic mass is 16.5. The van der Waals surface area contributed by atoms with Crippen molar-refractivity contribution in [1.82, 2.24) is 5.32 Å². The lowest BCUT2D eigenvalue weighted by Crippen LogP contribution is -3.12. The summed E-state index contributed by atoms with van der Waals surface area (Å²) in [7, 11) is 0. The first kappa shape index (κ1) is 17.6. The Morgan fingerprint density at radius 3 is 2.56 bits per heavy atom. The first-order valence-electron chi connectivity index (χ1n) is 8.97. The molecule has 1 aliphatic rings. The van der Waals surface area contributed by atoms with Crippen molar-refractivity contribution < 1.29 is 14.4 Å². The molecular formula is C21H27N2O2+. The van der Waals surface area contributed by atoms with E-state index < -0.39 is 0 Å². The first-order valence-corrected chi connectivity index (χ1v) is 8.97. The number of quaternary nitrogens is 1. The zero-order valence-electron chi connectivity index (χ0n) is 15.1. The smallest absolute Gasteiger partial charge is 0.251 e. The van der Waals surface area contributed by atoms with Crippen LogP contribution in [0.5, 0.6) is 0 Å². The molecule has 4 nitrogen and oxygen atoms in total. The molecule has 0 bridgehead atoms. The summed E-state index contributed by atoms with van der Waals surface area (Å²) in [5.41, 5.74) is 5.37. The molecule has 0 spiro atoms. The SMILES string of the molecule is Cc1ccc(C)c(C(=O)NCc2ccccc2C[NH+]2CCOCC2)c1. The summed E-state index contributed by atoms with van der Waals surface area (Å²) in [4.78, 5) is 14.1. The largest absolute Gasteiger partial charge is 0.370 e. The van der Waals surface area contributed by atoms with E-state index in [0.717, 1.165) is 49.5 Å². The second kappa shape index (κ2) is 8.28. The predicted molar refractivity (Wildman–Crippen MR) is 98.7 cm³/mol. The fourth-order valence-corrected chi connectivity index (χ4v) is 3.26. The molecule has 0 saturated carbocycles. The number of rotatable bonds is 5. The maximum Gasteiger partial charge on any atom is 0.251 e. The zero-order chi connectivity index (χ0) is 17.6. The first-order chi connectivity index (χ1) is 12.1. The number of aryl methyl sites for hydroxylation is 2. The normalized spacial score (nSPS) is 15.1. The van der Waals surface area contributed by atoms with E-state index in [9.17, 15) is 4.79 Å². The van der Waals surface area contributed by atoms with Crippen LogP contribution in [0.1, 0.15) is 32.6 Å². The summed E-state index contributed by atoms with van der Waals surface area (Å²) in [5.74, 6) is -0.00489. The molecule has 3 rings (SSSR count). The molecule has 4 heteroatoms. The Balaban J connectivity index is 1.66. The van der Waals surface area contributed by atoms with Crippen LogP contribution < -0.4 is 10.2 Å². The van der Waals surface area contributed by atoms with Gasteiger partial charge in [0.1, 0.15) is 19.6 Å². The minimum atomic E-state index is -0.00489. The van der Waals surface area contributed by atoms with Gasteiger partial charge in [-0.05, 0) is 31.0 Å². The van der Waals surface area contributed by atoms with Crippen LogP contribution in [-0.2, 0) is 17.8 Å². The monoisotopic (exact) mass is 339 g/mol. The summed E-state index contributed by atoms with van der Waals surface area (Å²) in [6.07, 6.45) is 0. The van der Waals surface area contributed by atoms with Crippen LogP contribution in [0.25, 0.3) is 0 Å². The summed E-state index contributed by atoms with van der Waals surface area (Å²) in [5, 5.41) is 3.09. The molecule has 1 amide bonds. The van der Waals surface area contributed by atoms with Crippen LogP contribution in [-0.4, -0.2) is 32.2 Å². The third-order valence-corrected chi connectivity index (χ3v) is 4.84. The summed E-state index contributed by atoms with van der Waals surface area (Å²) in [6.45, 7) is 9.29. The summed E-state index contributed by atoms with van der Waals surface area (Å²) >= 11 is 0. The second-order valence-electron chi connectivity index (χ2n) is 6.81. The molecule has 2 N–H and O–H groups in total. The molecule has 0 unspecified atom stereocenters. The van der Waals surface area contributed by atoms with Crippen LogP contribution in [0.15, 0.2) is 42.5 Å². The molecule has 0 radical (unpaired) electrons. The van der Waals surface area contributed by atoms with Gasteiger partial charge < -0.3 is 15.0 Å². The highest BCUT2D eigenvalue weighted by Crippen LogP contribution is 2.12. The Hall–Kier alpha value is -2.17. The van der Waals surface area contributed by atoms with Crippen molar-refractivity contribution >= 4 is 5.91 Å². The Morgan fingerprint density at radius 2 is 1.80 bits per heavy atom. The van der Waals surface area contributed by atoms with Gasteiger partial charge in [-0.1, -0.05) is 42.0 Å². The lowest BCUT2D eigenvalue weighted by molar-refractivity contribution is -0.921. The Bertz CT molecular complexity index is 736. The van der Waals surface area contributed by atoms with Crippen LogP contribution in [0.2, 0.25) is 0 Å². The van der Waals surface area contributed by atoms with Crippen molar-refractivity contribution in [2.24, 2.45) is 0 Å². The number of ether oxygens (including phenoxy) is 1. The average Bonchev–Trinajstić information content (AvgIpc) is 2.63. The highest BCUT2D eigenvalue weighted by molar-refractivity contribution is 5.95. The second-order valence-corrected chi connectivity index (χ2v) is 6.81. The van der Waals surface area contributed by atoms with Crippen molar-refractivity contribution in [3.05, 3.63) is 70.3 Å². The topological polar surface area (TPSA) is 42.8 Å². The van der Waals surface area contributed by atoms with Gasteiger partial charge in [0, 0.05) is 17.7 Å². The minimum Gasteiger partial charge on any atom is -0.370 e. The van der Waals surface area contributed by atoms with Gasteiger partial charge >= 0.3 is 0 Å². The van der Waals surface area contributed by atoms with E-state index in [4.69, 9.17) is 4.74 Å². The predicted octanol–water partition coefficient (Wildman–Crippen LogP) is 1.65. The van der Waals surface area contributed by atoms with E-state index in [1.807, 2.05) is 38.1 Å². The van der Waals surface area contributed by atoms with Gasteiger partial charge in [-0.2, -0.15) is 0 Å². The van der Waals surface area contributed by atoms with Crippen molar-refractivity contribution in [3.63, 3.8) is 0 Å². The average molecular weight is 339 g/mol. The van der Waals surface area contributed by atoms with Crippen LogP contribution >= 0.6 is 0 Å². The summed E-state index contributed by atoms with van der Waals surface area (Å²) < 4.78 is 5.44. The van der Waals surface area contributed by atoms with Crippen molar-refractivity contribution in [3.8, 4) is 0 Å². The molecule has 132 valence electrons. The van der Waals surface area contributed by atoms with E-state index in [1.165, 1.54) is 11.1 Å². The molecule has 0 atom stereocenters. The van der Waals surface area contributed by atoms with E-state index in [2.05, 4.69) is 23.5 Å². The molecule has 1 saturated heterocycles. The maximum atomic E-state index is 12.6. The Kier molecular flexibility index (Phi) is 5.84. The summed E-state index contributed by atoms with van der Waals surface area (Å²) in [6, 6.07) is 14.4. The van der Waals surface area contributed by atoms with Crippen LogP contribution in [0.4, 0.5) is 0 Å². The number of hydrogen-bond acceptors (Lipinski definition) is 2. The number of carbonyl (C=O) groups excluding carboxylic acids is 1. The van der Waals surface area contributed by atoms with Gasteiger partial charge in [0.2, 0.25) is 0 Å². The number of amides is 1. The van der Waals surface area contributed by atoms with Gasteiger partial charge in [0.15, 0.2) is 0 Å². The number of hydrogen-bond donors (Lipinski definition) is 2. The number of benzene rings is 2. The van der Waals surface area contributed by atoms with E-state index >= 15 is 0 Å². The standard InChI is InChI=1S/C21H26N2O2/c1-16-7-8-17(2)20(13-16)21(24)22-14-18-5-3-4-6-19(18)15-23-9-11-25-12-10-23/h3-8,13H,9-12,14-15H2,1-2H3,(H,22,24)/p+1. The van der Waals surface area contributed by atoms with Crippen LogP contribution in [0, 0.1) is 13.8 Å². The van der Waals surface area contributed by atoms with Gasteiger partial charge in [-0.15, -0.1) is 0 Å². The third-order valence-electron chi connectivity index (χ3n) is 4.84. The molecule has 0 aliphatic carbocycles. The molecule has 1 heterocycles. The van der Waals surface area contributed by atoms with E-state index in [-0.39, 0.29) is 5.91 Å². The van der Waals surface area contributed by atoms with Crippen LogP contribution in [0.3, 0.4) is 0 Å². The maximum absolute atomic E-state index is 12.6.